The zero-order valence-electron chi connectivity index (χ0n) is 42.0. The number of aliphatic hydroxyl groups excluding tert-OH is 2. The number of esters is 2. The van der Waals surface area contributed by atoms with Gasteiger partial charge >= 0.3 is 33.3 Å². The molecule has 0 radical (unpaired) electrons. The van der Waals surface area contributed by atoms with E-state index >= 15 is 0 Å². The molecular formula is C50H83N3O16P2. The predicted octanol–water partition coefficient (Wildman–Crippen LogP) is 9.54. The van der Waals surface area contributed by atoms with E-state index in [0.29, 0.717) is 19.3 Å². The summed E-state index contributed by atoms with van der Waals surface area (Å²) in [6, 6.07) is 1.24. The summed E-state index contributed by atoms with van der Waals surface area (Å²) in [5.74, 6) is -1.38. The molecule has 0 aliphatic carbocycles. The van der Waals surface area contributed by atoms with Gasteiger partial charge in [-0.25, -0.2) is 13.9 Å². The average molecular weight is 1040 g/mol. The maximum Gasteiger partial charge on any atom is 0.481 e. The fourth-order valence-electron chi connectivity index (χ4n) is 7.69. The lowest BCUT2D eigenvalue weighted by molar-refractivity contribution is -0.161. The first-order valence-electron chi connectivity index (χ1n) is 25.8. The highest BCUT2D eigenvalue weighted by Gasteiger charge is 2.46. The number of allylic oxidation sites excluding steroid dienone is 7. The lowest BCUT2D eigenvalue weighted by Gasteiger charge is -2.21. The third-order valence-corrected chi connectivity index (χ3v) is 14.4. The SMILES string of the molecule is CCCCC/C=C\C/C=C\C/C=C\CC1OC1CCCC(=O)O[C@H](COC(=O)CCCCCCCCC/C=C\CCCCCC)COP(=O)(O)OP(=O)(O)OC[C@H]1O[C@@H](n2ccc(N)nc2=O)[C@H](O)[C@@H]1O. The van der Waals surface area contributed by atoms with Crippen LogP contribution in [0.2, 0.25) is 0 Å². The molecule has 2 saturated heterocycles. The third-order valence-electron chi connectivity index (χ3n) is 11.8. The molecule has 6 N–H and O–H groups in total. The van der Waals surface area contributed by atoms with E-state index in [4.69, 9.17) is 33.7 Å². The van der Waals surface area contributed by atoms with Crippen molar-refractivity contribution in [2.75, 3.05) is 25.6 Å². The number of aliphatic hydroxyl groups is 2. The van der Waals surface area contributed by atoms with Crippen LogP contribution in [0.1, 0.15) is 174 Å². The highest BCUT2D eigenvalue weighted by Crippen LogP contribution is 2.60. The third kappa shape index (κ3) is 28.1. The summed E-state index contributed by atoms with van der Waals surface area (Å²) >= 11 is 0. The number of nitrogens with zero attached hydrogens (tertiary/aromatic N) is 2. The second-order valence-corrected chi connectivity index (χ2v) is 21.1. The minimum atomic E-state index is -5.44. The Morgan fingerprint density at radius 3 is 1.94 bits per heavy atom. The Morgan fingerprint density at radius 1 is 0.704 bits per heavy atom. The highest BCUT2D eigenvalue weighted by molar-refractivity contribution is 7.61. The summed E-state index contributed by atoms with van der Waals surface area (Å²) in [6.07, 6.45) is 33.4. The average Bonchev–Trinajstić information content (AvgIpc) is 4.01. The van der Waals surface area contributed by atoms with Crippen molar-refractivity contribution in [2.24, 2.45) is 0 Å². The zero-order chi connectivity index (χ0) is 51.7. The Balaban J connectivity index is 1.42. The van der Waals surface area contributed by atoms with Crippen molar-refractivity contribution in [2.45, 2.75) is 211 Å². The lowest BCUT2D eigenvalue weighted by atomic mass is 10.1. The molecular weight excluding hydrogens is 961 g/mol. The molecule has 0 saturated carbocycles. The van der Waals surface area contributed by atoms with Gasteiger partial charge in [0.2, 0.25) is 0 Å². The molecule has 0 amide bonds. The summed E-state index contributed by atoms with van der Waals surface area (Å²) < 4.78 is 62.6. The van der Waals surface area contributed by atoms with Crippen LogP contribution >= 0.6 is 15.6 Å². The lowest BCUT2D eigenvalue weighted by Crippen LogP contribution is -2.36. The molecule has 4 unspecified atom stereocenters. The van der Waals surface area contributed by atoms with Gasteiger partial charge in [0.15, 0.2) is 12.3 Å². The van der Waals surface area contributed by atoms with Crippen molar-refractivity contribution in [1.82, 2.24) is 9.55 Å². The van der Waals surface area contributed by atoms with Gasteiger partial charge in [0.05, 0.1) is 25.4 Å². The van der Waals surface area contributed by atoms with Crippen molar-refractivity contribution in [3.63, 3.8) is 0 Å². The quantitative estimate of drug-likeness (QED) is 0.0134. The number of unbranched alkanes of at least 4 members (excludes halogenated alkanes) is 14. The van der Waals surface area contributed by atoms with Gasteiger partial charge in [-0.2, -0.15) is 9.29 Å². The standard InChI is InChI=1S/C50H83N3O16P2/c1-3-5-7-9-11-13-15-17-18-19-21-23-25-27-29-33-45(54)63-37-40(66-46(55)34-30-32-42-41(67-42)31-28-26-24-22-20-16-14-12-10-8-6-4-2)38-64-70(59,60)69-71(61,62)65-39-43-47(56)48(57)49(68-43)53-36-35-44(51)52-50(53)58/h12-15,20,22,26,28,35-36,40-43,47-49,56-57H,3-11,16-19,21,23-25,27,29-34,37-39H2,1-2H3,(H,59,60)(H,61,62)(H2,51,52,58)/b14-12-,15-13-,22-20-,28-26-/t40-,41?,42?,43-,47-,48-,49-/m1/s1. The van der Waals surface area contributed by atoms with E-state index < -0.39 is 83.7 Å². The molecule has 2 aliphatic heterocycles. The zero-order valence-corrected chi connectivity index (χ0v) is 43.7. The van der Waals surface area contributed by atoms with Crippen molar-refractivity contribution in [1.29, 1.82) is 0 Å². The molecule has 21 heteroatoms. The first-order valence-corrected chi connectivity index (χ1v) is 28.8. The molecule has 404 valence electrons. The first-order chi connectivity index (χ1) is 34.1. The second kappa shape index (κ2) is 35.8. The molecule has 2 fully saturated rings. The van der Waals surface area contributed by atoms with Gasteiger partial charge in [-0.05, 0) is 83.1 Å². The van der Waals surface area contributed by atoms with E-state index in [1.807, 2.05) is 0 Å². The number of phosphoric ester groups is 2. The monoisotopic (exact) mass is 1040 g/mol. The van der Waals surface area contributed by atoms with Crippen LogP contribution in [0.15, 0.2) is 65.7 Å². The van der Waals surface area contributed by atoms with Crippen LogP contribution in [0.4, 0.5) is 5.82 Å². The number of hydrogen-bond acceptors (Lipinski definition) is 16. The van der Waals surface area contributed by atoms with Gasteiger partial charge < -0.3 is 44.7 Å². The van der Waals surface area contributed by atoms with E-state index in [1.165, 1.54) is 51.0 Å². The molecule has 3 rings (SSSR count). The van der Waals surface area contributed by atoms with Crippen LogP contribution in [-0.4, -0.2) is 97.9 Å². The van der Waals surface area contributed by atoms with E-state index in [-0.39, 0.29) is 30.9 Å². The Morgan fingerprint density at radius 2 is 1.27 bits per heavy atom. The second-order valence-electron chi connectivity index (χ2n) is 18.1. The molecule has 19 nitrogen and oxygen atoms in total. The van der Waals surface area contributed by atoms with Gasteiger partial charge in [0.25, 0.3) is 0 Å². The summed E-state index contributed by atoms with van der Waals surface area (Å²) in [6.45, 7) is 2.04. The van der Waals surface area contributed by atoms with Crippen LogP contribution in [0.3, 0.4) is 0 Å². The number of nitrogen functional groups attached to an aromatic ring is 1. The van der Waals surface area contributed by atoms with Crippen LogP contribution in [0.5, 0.6) is 0 Å². The van der Waals surface area contributed by atoms with Gasteiger partial charge in [0.1, 0.15) is 30.7 Å². The number of epoxide rings is 1. The van der Waals surface area contributed by atoms with Crippen molar-refractivity contribution in [3.8, 4) is 0 Å². The largest absolute Gasteiger partial charge is 0.481 e. The van der Waals surface area contributed by atoms with Crippen LogP contribution in [0.25, 0.3) is 0 Å². The Hall–Kier alpha value is -3.32. The Labute approximate surface area is 420 Å². The summed E-state index contributed by atoms with van der Waals surface area (Å²) in [7, 11) is -10.9. The molecule has 1 aromatic rings. The minimum absolute atomic E-state index is 0.00697. The van der Waals surface area contributed by atoms with E-state index in [1.54, 1.807) is 0 Å². The minimum Gasteiger partial charge on any atom is -0.462 e. The summed E-state index contributed by atoms with van der Waals surface area (Å²) in [4.78, 5) is 62.1. The van der Waals surface area contributed by atoms with Crippen LogP contribution < -0.4 is 11.4 Å². The molecule has 71 heavy (non-hydrogen) atoms. The molecule has 9 atom stereocenters. The molecule has 0 bridgehead atoms. The number of phosphoric acid groups is 2. The first kappa shape index (κ1) is 62.0. The smallest absolute Gasteiger partial charge is 0.462 e. The summed E-state index contributed by atoms with van der Waals surface area (Å²) in [5.41, 5.74) is 4.58. The van der Waals surface area contributed by atoms with Crippen LogP contribution in [0, 0.1) is 0 Å². The molecule has 3 heterocycles. The number of nitrogens with two attached hydrogens (primary N) is 1. The fraction of sp³-hybridized carbons (Fsp3) is 0.720. The number of ether oxygens (including phenoxy) is 4. The summed E-state index contributed by atoms with van der Waals surface area (Å²) in [5, 5.41) is 20.9. The normalized spacial score (nSPS) is 22.4. The topological polar surface area (TPSA) is 278 Å². The maximum atomic E-state index is 12.9. The number of anilines is 1. The fourth-order valence-corrected chi connectivity index (χ4v) is 9.80. The number of rotatable bonds is 41. The van der Waals surface area contributed by atoms with Crippen molar-refractivity contribution in [3.05, 3.63) is 71.4 Å². The molecule has 1 aromatic heterocycles. The van der Waals surface area contributed by atoms with E-state index in [0.717, 1.165) is 87.8 Å². The van der Waals surface area contributed by atoms with Gasteiger partial charge in [-0.1, -0.05) is 127 Å². The van der Waals surface area contributed by atoms with Gasteiger partial charge in [-0.15, -0.1) is 0 Å². The Bertz CT molecular complexity index is 1950. The maximum absolute atomic E-state index is 12.9. The number of aromatic nitrogens is 2. The Kier molecular flexibility index (Phi) is 31.2. The number of hydrogen-bond donors (Lipinski definition) is 5. The van der Waals surface area contributed by atoms with E-state index in [9.17, 15) is 43.5 Å². The number of carbonyl (C=O) groups excluding carboxylic acids is 2. The molecule has 0 spiro atoms. The predicted molar refractivity (Wildman–Crippen MR) is 270 cm³/mol. The van der Waals surface area contributed by atoms with Crippen molar-refractivity contribution < 1.29 is 71.0 Å². The van der Waals surface area contributed by atoms with Gasteiger partial charge in [-0.3, -0.25) is 23.2 Å². The van der Waals surface area contributed by atoms with Gasteiger partial charge in [0, 0.05) is 19.0 Å². The van der Waals surface area contributed by atoms with E-state index in [2.05, 4.69) is 71.8 Å². The molecule has 0 aromatic carbocycles. The highest BCUT2D eigenvalue weighted by atomic mass is 31.3. The molecule has 2 aliphatic rings. The number of carbonyl (C=O) groups is 2. The van der Waals surface area contributed by atoms with Crippen LogP contribution in [-0.2, 0) is 51.0 Å². The van der Waals surface area contributed by atoms with Crippen molar-refractivity contribution >= 4 is 33.4 Å².